The molecule has 0 saturated heterocycles. The van der Waals surface area contributed by atoms with E-state index in [0.717, 1.165) is 11.5 Å². The fraction of sp³-hybridized carbons (Fsp3) is 0.0323. The van der Waals surface area contributed by atoms with Crippen LogP contribution in [-0.2, 0) is 0 Å². The van der Waals surface area contributed by atoms with Crippen LogP contribution in [0.25, 0.3) is 21.5 Å². The summed E-state index contributed by atoms with van der Waals surface area (Å²) in [4.78, 5) is 0. The number of hydrogen-bond acceptors (Lipinski definition) is 1. The molecule has 0 aliphatic heterocycles. The van der Waals surface area contributed by atoms with Crippen LogP contribution in [0.4, 0.5) is 57.1 Å². The Hall–Kier alpha value is -2.32. The van der Waals surface area contributed by atoms with E-state index in [2.05, 4.69) is 31.9 Å². The van der Waals surface area contributed by atoms with Crippen molar-refractivity contribution in [2.45, 2.75) is 7.43 Å². The molecular weight excluding hydrogens is 926 g/mol. The van der Waals surface area contributed by atoms with Gasteiger partial charge in [-0.2, -0.15) is 11.3 Å². The topological polar surface area (TPSA) is 0 Å². The summed E-state index contributed by atoms with van der Waals surface area (Å²) in [5, 5.41) is 3.11. The van der Waals surface area contributed by atoms with Gasteiger partial charge in [0, 0.05) is 35.9 Å². The van der Waals surface area contributed by atoms with Gasteiger partial charge in [0.25, 0.3) is 0 Å². The van der Waals surface area contributed by atoms with Crippen LogP contribution >= 0.6 is 43.2 Å². The minimum atomic E-state index is -2.17. The number of rotatable bonds is 0. The minimum Gasteiger partial charge on any atom is -1.00 e. The summed E-state index contributed by atoms with van der Waals surface area (Å²) in [6.45, 7) is 0. The molecule has 0 spiro atoms. The monoisotopic (exact) mass is 939 g/mol. The Morgan fingerprint density at radius 2 is 0.860 bits per heavy atom. The maximum Gasteiger partial charge on any atom is 2.00 e. The fourth-order valence-electron chi connectivity index (χ4n) is 3.29. The second-order valence-electron chi connectivity index (χ2n) is 8.31. The van der Waals surface area contributed by atoms with Crippen LogP contribution in [0.5, 0.6) is 0 Å². The van der Waals surface area contributed by atoms with E-state index >= 15 is 0 Å². The van der Waals surface area contributed by atoms with Crippen LogP contribution in [0.2, 0.25) is 0 Å². The fourth-order valence-corrected chi connectivity index (χ4v) is 4.80. The molecule has 50 heavy (non-hydrogen) atoms. The van der Waals surface area contributed by atoms with E-state index < -0.39 is 75.6 Å². The smallest absolute Gasteiger partial charge is 1.00 e. The first-order chi connectivity index (χ1) is 22.0. The molecule has 0 radical (unpaired) electrons. The number of thiophene rings is 1. The molecule has 19 heteroatoms. The first-order valence-electron chi connectivity index (χ1n) is 11.7. The van der Waals surface area contributed by atoms with Gasteiger partial charge >= 0.3 is 23.1 Å². The molecule has 1 aromatic heterocycles. The predicted molar refractivity (Wildman–Crippen MR) is 174 cm³/mol. The summed E-state index contributed by atoms with van der Waals surface area (Å²) >= 11 is 8.01. The van der Waals surface area contributed by atoms with Crippen LogP contribution in [0.1, 0.15) is 7.43 Å². The molecule has 1 heterocycles. The van der Waals surface area contributed by atoms with Gasteiger partial charge in [0.2, 0.25) is 0 Å². The van der Waals surface area contributed by atoms with Gasteiger partial charge in [-0.05, 0) is 47.4 Å². The Morgan fingerprint density at radius 3 is 1.24 bits per heavy atom. The van der Waals surface area contributed by atoms with Crippen LogP contribution < -0.4 is 22.4 Å². The van der Waals surface area contributed by atoms with E-state index in [1.165, 1.54) is 34.8 Å². The molecular formula is C31H16BBr3F13MgS-. The van der Waals surface area contributed by atoms with Crippen LogP contribution in [0.3, 0.4) is 0 Å². The first-order valence-corrected chi connectivity index (χ1v) is 14.2. The van der Waals surface area contributed by atoms with E-state index in [0.29, 0.717) is 4.47 Å². The Bertz CT molecular complexity index is 1960. The Balaban J connectivity index is 0.000000653. The van der Waals surface area contributed by atoms with Crippen LogP contribution in [0, 0.1) is 81.7 Å². The largest absolute Gasteiger partial charge is 2.00 e. The van der Waals surface area contributed by atoms with E-state index in [-0.39, 0.29) is 76.9 Å². The summed E-state index contributed by atoms with van der Waals surface area (Å²) in [7, 11) is -0.187. The third kappa shape index (κ3) is 11.1. The van der Waals surface area contributed by atoms with Crippen molar-refractivity contribution in [1.82, 2.24) is 0 Å². The summed E-state index contributed by atoms with van der Waals surface area (Å²) in [6.07, 6.45) is 0. The van der Waals surface area contributed by atoms with E-state index in [1.54, 1.807) is 17.4 Å². The third-order valence-electron chi connectivity index (χ3n) is 5.42. The molecule has 0 aliphatic carbocycles. The maximum atomic E-state index is 13.3. The standard InChI is InChI=1S/C10H6BF4.C10H3BrF4.C6F5.C4H3BrS.CH4.BrH.Mg/c2*11-4-1-2-5-6(3-4)8(13)10(15)9(14)7(5)12;7-2-1-3(8)5(10)6(11)4(2)9;5-4-1-2-6-3-4;;;/h1-3H,11H3;1-3H;;1-3H;1H4;1H;/q-1;;-1;;;;+2/p-1. The zero-order valence-corrected chi connectivity index (χ0v) is 29.8. The summed E-state index contributed by atoms with van der Waals surface area (Å²) in [5.41, 5.74) is 0.895. The number of benzene rings is 5. The molecule has 0 bridgehead atoms. The average Bonchev–Trinajstić information content (AvgIpc) is 3.54. The van der Waals surface area contributed by atoms with Crippen molar-refractivity contribution in [3.8, 4) is 0 Å². The van der Waals surface area contributed by atoms with Crippen molar-refractivity contribution >= 4 is 101 Å². The molecule has 6 aromatic rings. The average molecular weight is 942 g/mol. The molecule has 264 valence electrons. The Labute approximate surface area is 324 Å². The number of halogens is 16. The second-order valence-corrected chi connectivity index (χ2v) is 10.9. The van der Waals surface area contributed by atoms with Gasteiger partial charge in [-0.3, -0.25) is 8.78 Å². The van der Waals surface area contributed by atoms with E-state index in [4.69, 9.17) is 0 Å². The SMILES string of the molecule is Brc1ccsc1.C.Fc1[c-]c(F)c(F)c(F)c1F.Fc1c(F)c(F)c2cc(Br)ccc2c1F.[BH3-]c1ccc2c(F)c(F)c(F)c(F)c2c1.[Br-].[Mg+2]. The number of hydrogen-bond donors (Lipinski definition) is 0. The van der Waals surface area contributed by atoms with Crippen LogP contribution in [0.15, 0.2) is 62.2 Å². The summed E-state index contributed by atoms with van der Waals surface area (Å²) in [5.74, 6) is -22.5. The van der Waals surface area contributed by atoms with Crippen molar-refractivity contribution < 1.29 is 74.1 Å². The first kappa shape index (κ1) is 47.7. The molecule has 5 aromatic carbocycles. The molecule has 0 nitrogen and oxygen atoms in total. The van der Waals surface area contributed by atoms with Gasteiger partial charge in [0.1, 0.15) is 0 Å². The molecule has 0 atom stereocenters. The molecule has 0 saturated carbocycles. The van der Waals surface area contributed by atoms with Crippen LogP contribution in [-0.4, -0.2) is 30.9 Å². The van der Waals surface area contributed by atoms with Crippen molar-refractivity contribution in [2.24, 2.45) is 0 Å². The van der Waals surface area contributed by atoms with Gasteiger partial charge in [-0.25, -0.2) is 53.8 Å². The van der Waals surface area contributed by atoms with E-state index in [1.807, 2.05) is 16.8 Å². The Kier molecular flexibility index (Phi) is 19.7. The minimum absolute atomic E-state index is 0. The van der Waals surface area contributed by atoms with E-state index in [9.17, 15) is 57.1 Å². The molecule has 6 rings (SSSR count). The number of fused-ring (bicyclic) bond motifs is 2. The third-order valence-corrected chi connectivity index (χ3v) is 7.40. The Morgan fingerprint density at radius 1 is 0.480 bits per heavy atom. The molecule has 0 aliphatic rings. The molecule has 0 unspecified atom stereocenters. The van der Waals surface area contributed by atoms with Crippen molar-refractivity contribution in [2.75, 3.05) is 0 Å². The zero-order valence-electron chi connectivity index (χ0n) is 22.9. The van der Waals surface area contributed by atoms with Gasteiger partial charge in [-0.15, -0.1) is 6.07 Å². The molecule has 0 N–H and O–H groups in total. The summed E-state index contributed by atoms with van der Waals surface area (Å²) in [6, 6.07) is 11.1. The van der Waals surface area contributed by atoms with Gasteiger partial charge in [0.05, 0.1) is 29.1 Å². The molecule has 0 fully saturated rings. The zero-order chi connectivity index (χ0) is 35.3. The van der Waals surface area contributed by atoms with Crippen molar-refractivity contribution in [3.63, 3.8) is 0 Å². The van der Waals surface area contributed by atoms with Crippen molar-refractivity contribution in [3.05, 3.63) is 144 Å². The quantitative estimate of drug-likeness (QED) is 0.0488. The second kappa shape index (κ2) is 20.7. The normalized spacial score (nSPS) is 9.92. The van der Waals surface area contributed by atoms with Crippen molar-refractivity contribution in [1.29, 1.82) is 0 Å². The van der Waals surface area contributed by atoms with Gasteiger partial charge in [0.15, 0.2) is 46.5 Å². The maximum absolute atomic E-state index is 13.3. The van der Waals surface area contributed by atoms with Gasteiger partial charge < -0.3 is 17.0 Å². The molecule has 0 amide bonds. The summed E-state index contributed by atoms with van der Waals surface area (Å²) < 4.78 is 166. The predicted octanol–water partition coefficient (Wildman–Crippen LogP) is 7.50. The van der Waals surface area contributed by atoms with Gasteiger partial charge in [-0.1, -0.05) is 47.6 Å².